The predicted octanol–water partition coefficient (Wildman–Crippen LogP) is 5.83. The Bertz CT molecular complexity index is 1630. The third kappa shape index (κ3) is 4.45. The maximum Gasteiger partial charge on any atom is 0.418 e. The van der Waals surface area contributed by atoms with E-state index in [4.69, 9.17) is 4.74 Å². The van der Waals surface area contributed by atoms with Crippen molar-refractivity contribution in [2.75, 3.05) is 4.90 Å². The molecule has 0 aliphatic carbocycles. The molecule has 3 atom stereocenters. The van der Waals surface area contributed by atoms with Crippen LogP contribution in [0.15, 0.2) is 88.7 Å². The first-order valence-corrected chi connectivity index (χ1v) is 13.6. The fourth-order valence-electron chi connectivity index (χ4n) is 5.10. The number of carbonyl (C=O) groups excluding carboxylic acids is 2. The fourth-order valence-corrected chi connectivity index (χ4v) is 7.61. The number of aromatic nitrogens is 1. The van der Waals surface area contributed by atoms with E-state index in [0.29, 0.717) is 26.1 Å². The number of alkyl halides is 3. The van der Waals surface area contributed by atoms with Gasteiger partial charge in [-0.05, 0) is 23.8 Å². The van der Waals surface area contributed by atoms with Crippen molar-refractivity contribution in [3.63, 3.8) is 0 Å². The van der Waals surface area contributed by atoms with Crippen molar-refractivity contribution < 1.29 is 27.5 Å². The molecule has 2 aliphatic rings. The zero-order chi connectivity index (χ0) is 27.3. The molecule has 0 bridgehead atoms. The molecule has 2 aliphatic heterocycles. The van der Waals surface area contributed by atoms with E-state index in [1.807, 2.05) is 30.3 Å². The van der Waals surface area contributed by atoms with E-state index in [0.717, 1.165) is 40.8 Å². The van der Waals surface area contributed by atoms with E-state index in [-0.39, 0.29) is 11.5 Å². The number of hydrogen-bond donors (Lipinski definition) is 1. The number of rotatable bonds is 5. The normalized spacial score (nSPS) is 20.6. The van der Waals surface area contributed by atoms with Crippen molar-refractivity contribution in [1.82, 2.24) is 4.98 Å². The van der Waals surface area contributed by atoms with Gasteiger partial charge in [-0.1, -0.05) is 83.8 Å². The lowest BCUT2D eigenvalue weighted by atomic mass is 9.82. The Hall–Kier alpha value is -3.83. The second kappa shape index (κ2) is 9.73. The first-order chi connectivity index (χ1) is 18.7. The van der Waals surface area contributed by atoms with Crippen LogP contribution in [0.1, 0.15) is 27.5 Å². The van der Waals surface area contributed by atoms with Crippen molar-refractivity contribution in [3.05, 3.63) is 110 Å². The van der Waals surface area contributed by atoms with Gasteiger partial charge in [-0.3, -0.25) is 14.4 Å². The third-order valence-electron chi connectivity index (χ3n) is 6.77. The molecule has 1 N–H and O–H groups in total. The van der Waals surface area contributed by atoms with Crippen molar-refractivity contribution >= 4 is 40.6 Å². The number of H-pyrrole nitrogens is 1. The minimum Gasteiger partial charge on any atom is -0.489 e. The molecule has 3 unspecified atom stereocenters. The number of anilines is 1. The number of halogens is 3. The number of ether oxygens (including phenoxy) is 1. The topological polar surface area (TPSA) is 79.5 Å². The molecule has 1 saturated heterocycles. The summed E-state index contributed by atoms with van der Waals surface area (Å²) in [5.74, 6) is -2.86. The molecular formula is C28H19F3N2O4S2. The summed E-state index contributed by atoms with van der Waals surface area (Å²) in [7, 11) is 0. The highest BCUT2D eigenvalue weighted by molar-refractivity contribution is 8.00. The average Bonchev–Trinajstić information content (AvgIpc) is 3.42. The Morgan fingerprint density at radius 2 is 1.56 bits per heavy atom. The van der Waals surface area contributed by atoms with E-state index in [1.54, 1.807) is 24.3 Å². The number of imide groups is 1. The summed E-state index contributed by atoms with van der Waals surface area (Å²) in [5.41, 5.74) is -0.0772. The first kappa shape index (κ1) is 25.4. The smallest absolute Gasteiger partial charge is 0.418 e. The molecule has 3 aromatic carbocycles. The van der Waals surface area contributed by atoms with Gasteiger partial charge in [0.25, 0.3) is 0 Å². The zero-order valence-corrected chi connectivity index (χ0v) is 21.6. The van der Waals surface area contributed by atoms with Crippen LogP contribution in [0.3, 0.4) is 0 Å². The van der Waals surface area contributed by atoms with Crippen LogP contribution < -0.4 is 14.5 Å². The summed E-state index contributed by atoms with van der Waals surface area (Å²) in [5, 5.41) is -0.593. The molecule has 0 saturated carbocycles. The van der Waals surface area contributed by atoms with Gasteiger partial charge < -0.3 is 9.72 Å². The van der Waals surface area contributed by atoms with Crippen LogP contribution >= 0.6 is 23.1 Å². The lowest BCUT2D eigenvalue weighted by Gasteiger charge is -2.30. The molecule has 1 aromatic heterocycles. The van der Waals surface area contributed by atoms with Gasteiger partial charge in [0.2, 0.25) is 11.8 Å². The van der Waals surface area contributed by atoms with Crippen LogP contribution in [0, 0.1) is 5.92 Å². The maximum atomic E-state index is 13.9. The number of thiazole rings is 1. The number of nitrogens with zero attached hydrogens (tertiary/aromatic N) is 1. The number of fused-ring (bicyclic) bond motifs is 2. The molecule has 6 nitrogen and oxygen atoms in total. The molecule has 3 heterocycles. The standard InChI is InChI=1S/C28H19F3N2O4S2/c29-28(30,31)17-11-5-6-12-18(17)33-25(34)21-20(22-24(32-27(36)39-22)38-23(21)26(33)35)16-10-4-7-13-19(16)37-14-15-8-2-1-3-9-15/h1-13,20-21,23H,14H2,(H,32,36). The van der Waals surface area contributed by atoms with Gasteiger partial charge in [0, 0.05) is 16.4 Å². The number of benzene rings is 3. The summed E-state index contributed by atoms with van der Waals surface area (Å²) in [6.45, 7) is 0.238. The molecule has 1 fully saturated rings. The van der Waals surface area contributed by atoms with Crippen LogP contribution in [0.2, 0.25) is 0 Å². The van der Waals surface area contributed by atoms with Crippen molar-refractivity contribution in [1.29, 1.82) is 0 Å². The van der Waals surface area contributed by atoms with Crippen LogP contribution in [0.4, 0.5) is 18.9 Å². The highest BCUT2D eigenvalue weighted by Gasteiger charge is 2.57. The lowest BCUT2D eigenvalue weighted by Crippen LogP contribution is -2.33. The molecule has 11 heteroatoms. The van der Waals surface area contributed by atoms with Crippen LogP contribution in [-0.4, -0.2) is 22.0 Å². The number of hydrogen-bond acceptors (Lipinski definition) is 6. The predicted molar refractivity (Wildman–Crippen MR) is 141 cm³/mol. The summed E-state index contributed by atoms with van der Waals surface area (Å²) in [4.78, 5) is 43.5. The van der Waals surface area contributed by atoms with Crippen molar-refractivity contribution in [2.24, 2.45) is 5.92 Å². The Kier molecular flexibility index (Phi) is 6.35. The molecule has 39 heavy (non-hydrogen) atoms. The van der Waals surface area contributed by atoms with Crippen LogP contribution in [-0.2, 0) is 22.4 Å². The first-order valence-electron chi connectivity index (χ1n) is 11.9. The second-order valence-corrected chi connectivity index (χ2v) is 11.3. The Labute approximate surface area is 228 Å². The van der Waals surface area contributed by atoms with E-state index < -0.39 is 46.3 Å². The molecule has 0 radical (unpaired) electrons. The van der Waals surface area contributed by atoms with E-state index in [2.05, 4.69) is 4.98 Å². The highest BCUT2D eigenvalue weighted by atomic mass is 32.2. The van der Waals surface area contributed by atoms with Gasteiger partial charge in [0.15, 0.2) is 0 Å². The maximum absolute atomic E-state index is 13.9. The lowest BCUT2D eigenvalue weighted by molar-refractivity contribution is -0.137. The van der Waals surface area contributed by atoms with Crippen molar-refractivity contribution in [2.45, 2.75) is 29.0 Å². The SMILES string of the molecule is O=C1C2Sc3[nH]c(=O)sc3C(c3ccccc3OCc3ccccc3)C2C(=O)N1c1ccccc1C(F)(F)F. The molecule has 6 rings (SSSR count). The summed E-state index contributed by atoms with van der Waals surface area (Å²) >= 11 is 1.93. The highest BCUT2D eigenvalue weighted by Crippen LogP contribution is 2.55. The minimum atomic E-state index is -4.76. The van der Waals surface area contributed by atoms with Gasteiger partial charge in [-0.2, -0.15) is 13.2 Å². The molecule has 198 valence electrons. The molecule has 2 amide bonds. The van der Waals surface area contributed by atoms with Crippen LogP contribution in [0.5, 0.6) is 5.75 Å². The van der Waals surface area contributed by atoms with Crippen molar-refractivity contribution in [3.8, 4) is 5.75 Å². The van der Waals surface area contributed by atoms with Gasteiger partial charge in [-0.25, -0.2) is 4.90 Å². The third-order valence-corrected chi connectivity index (χ3v) is 9.17. The molecule has 4 aromatic rings. The summed E-state index contributed by atoms with van der Waals surface area (Å²) < 4.78 is 47.7. The quantitative estimate of drug-likeness (QED) is 0.307. The molecule has 0 spiro atoms. The van der Waals surface area contributed by atoms with E-state index in [1.165, 1.54) is 12.1 Å². The monoisotopic (exact) mass is 568 g/mol. The van der Waals surface area contributed by atoms with Gasteiger partial charge in [-0.15, -0.1) is 0 Å². The number of amides is 2. The Morgan fingerprint density at radius 1 is 0.872 bits per heavy atom. The second-order valence-electron chi connectivity index (χ2n) is 9.09. The average molecular weight is 569 g/mol. The summed E-state index contributed by atoms with van der Waals surface area (Å²) in [6, 6.07) is 21.0. The number of aromatic amines is 1. The number of para-hydroxylation sites is 2. The molecular weight excluding hydrogens is 549 g/mol. The van der Waals surface area contributed by atoms with Gasteiger partial charge >= 0.3 is 11.0 Å². The largest absolute Gasteiger partial charge is 0.489 e. The van der Waals surface area contributed by atoms with E-state index >= 15 is 0 Å². The number of carbonyl (C=O) groups is 2. The minimum absolute atomic E-state index is 0.238. The van der Waals surface area contributed by atoms with E-state index in [9.17, 15) is 27.6 Å². The number of nitrogens with one attached hydrogen (secondary N) is 1. The zero-order valence-electron chi connectivity index (χ0n) is 20.0. The van der Waals surface area contributed by atoms with Crippen LogP contribution in [0.25, 0.3) is 0 Å². The Morgan fingerprint density at radius 3 is 2.33 bits per heavy atom. The fraction of sp³-hybridized carbons (Fsp3) is 0.179. The van der Waals surface area contributed by atoms with Gasteiger partial charge in [0.05, 0.1) is 22.2 Å². The van der Waals surface area contributed by atoms with Gasteiger partial charge in [0.1, 0.15) is 17.6 Å². The summed E-state index contributed by atoms with van der Waals surface area (Å²) in [6.07, 6.45) is -4.76. The Balaban J connectivity index is 1.45. The number of thioether (sulfide) groups is 1.